The van der Waals surface area contributed by atoms with E-state index in [-0.39, 0.29) is 18.1 Å². The molecule has 0 aromatic rings. The fourth-order valence-corrected chi connectivity index (χ4v) is 3.08. The molecule has 1 heterocycles. The lowest BCUT2D eigenvalue weighted by Crippen LogP contribution is -2.51. The van der Waals surface area contributed by atoms with Gasteiger partial charge in [0, 0.05) is 37.5 Å². The summed E-state index contributed by atoms with van der Waals surface area (Å²) in [6.07, 6.45) is 3.13. The van der Waals surface area contributed by atoms with Gasteiger partial charge in [0.05, 0.1) is 12.1 Å². The lowest BCUT2D eigenvalue weighted by Gasteiger charge is -2.25. The minimum atomic E-state index is -0.133. The van der Waals surface area contributed by atoms with Gasteiger partial charge in [-0.25, -0.2) is 0 Å². The molecular weight excluding hydrogens is 310 g/mol. The summed E-state index contributed by atoms with van der Waals surface area (Å²) >= 11 is 4.49. The Bertz CT molecular complexity index is 342. The highest BCUT2D eigenvalue weighted by atomic mass is 32.1. The first kappa shape index (κ1) is 20.7. The summed E-state index contributed by atoms with van der Waals surface area (Å²) in [4.78, 5) is 12.5. The predicted molar refractivity (Wildman–Crippen MR) is 99.1 cm³/mol. The van der Waals surface area contributed by atoms with Crippen LogP contribution < -0.4 is 16.0 Å². The summed E-state index contributed by atoms with van der Waals surface area (Å²) in [5.74, 6) is 0.416. The minimum absolute atomic E-state index is 0.101. The van der Waals surface area contributed by atoms with Crippen molar-refractivity contribution in [2.24, 2.45) is 5.92 Å². The summed E-state index contributed by atoms with van der Waals surface area (Å²) in [7, 11) is 0. The topological polar surface area (TPSA) is 62.4 Å². The summed E-state index contributed by atoms with van der Waals surface area (Å²) < 4.78 is 5.50. The highest BCUT2D eigenvalue weighted by Crippen LogP contribution is 2.13. The highest BCUT2D eigenvalue weighted by molar-refractivity contribution is 7.81. The summed E-state index contributed by atoms with van der Waals surface area (Å²) in [6.45, 7) is 11.4. The molecular formula is C17H35N3O2S. The molecule has 136 valence electrons. The molecule has 6 heteroatoms. The monoisotopic (exact) mass is 345 g/mol. The van der Waals surface area contributed by atoms with Crippen LogP contribution in [0.2, 0.25) is 0 Å². The van der Waals surface area contributed by atoms with Crippen LogP contribution in [0.1, 0.15) is 47.0 Å². The standard InChI is InChI=1S/C17H35N3O2S/c1-5-13(4)16(20-10-14-9-15(23)11-19-14)17(21)18-7-6-8-22-12(2)3/h12-16,19-20,23H,5-11H2,1-4H3,(H,18,21)/t13-,14+,15+,16-/m0/s1. The average Bonchev–Trinajstić information content (AvgIpc) is 2.92. The zero-order chi connectivity index (χ0) is 17.2. The van der Waals surface area contributed by atoms with Crippen molar-refractivity contribution < 1.29 is 9.53 Å². The maximum Gasteiger partial charge on any atom is 0.237 e. The summed E-state index contributed by atoms with van der Waals surface area (Å²) in [5, 5.41) is 10.4. The Morgan fingerprint density at radius 1 is 1.39 bits per heavy atom. The zero-order valence-electron chi connectivity index (χ0n) is 15.1. The van der Waals surface area contributed by atoms with Crippen LogP contribution in [0.25, 0.3) is 0 Å². The molecule has 0 bridgehead atoms. The third-order valence-corrected chi connectivity index (χ3v) is 4.74. The van der Waals surface area contributed by atoms with E-state index in [1.807, 2.05) is 13.8 Å². The van der Waals surface area contributed by atoms with Gasteiger partial charge in [-0.2, -0.15) is 12.6 Å². The molecule has 0 saturated carbocycles. The van der Waals surface area contributed by atoms with Crippen LogP contribution in [0.3, 0.4) is 0 Å². The Labute approximate surface area is 147 Å². The second kappa shape index (κ2) is 11.3. The Kier molecular flexibility index (Phi) is 10.2. The van der Waals surface area contributed by atoms with Gasteiger partial charge >= 0.3 is 0 Å². The Morgan fingerprint density at radius 2 is 2.13 bits per heavy atom. The number of ether oxygens (including phenoxy) is 1. The highest BCUT2D eigenvalue weighted by Gasteiger charge is 2.26. The van der Waals surface area contributed by atoms with Gasteiger partial charge < -0.3 is 20.7 Å². The molecule has 1 aliphatic rings. The van der Waals surface area contributed by atoms with Crippen LogP contribution >= 0.6 is 12.6 Å². The van der Waals surface area contributed by atoms with E-state index in [0.29, 0.717) is 30.4 Å². The molecule has 0 unspecified atom stereocenters. The third-order valence-electron chi connectivity index (χ3n) is 4.35. The van der Waals surface area contributed by atoms with Crippen molar-refractivity contribution >= 4 is 18.5 Å². The van der Waals surface area contributed by atoms with E-state index in [2.05, 4.69) is 42.4 Å². The number of carbonyl (C=O) groups is 1. The number of rotatable bonds is 11. The summed E-state index contributed by atoms with van der Waals surface area (Å²) in [5.41, 5.74) is 0. The molecule has 1 rings (SSSR count). The Hall–Kier alpha value is -0.300. The van der Waals surface area contributed by atoms with Crippen LogP contribution in [0.15, 0.2) is 0 Å². The van der Waals surface area contributed by atoms with Crippen LogP contribution in [-0.4, -0.2) is 55.6 Å². The van der Waals surface area contributed by atoms with Gasteiger partial charge in [-0.15, -0.1) is 0 Å². The predicted octanol–water partition coefficient (Wildman–Crippen LogP) is 1.58. The third kappa shape index (κ3) is 8.38. The Balaban J connectivity index is 2.32. The van der Waals surface area contributed by atoms with Crippen molar-refractivity contribution in [1.29, 1.82) is 0 Å². The van der Waals surface area contributed by atoms with Crippen molar-refractivity contribution in [2.45, 2.75) is 70.4 Å². The molecule has 0 radical (unpaired) electrons. The molecule has 0 aliphatic carbocycles. The molecule has 3 N–H and O–H groups in total. The number of carbonyl (C=O) groups excluding carboxylic acids is 1. The molecule has 1 saturated heterocycles. The first-order valence-corrected chi connectivity index (χ1v) is 9.49. The van der Waals surface area contributed by atoms with Crippen LogP contribution in [0, 0.1) is 5.92 Å². The number of nitrogens with one attached hydrogen (secondary N) is 3. The molecule has 23 heavy (non-hydrogen) atoms. The average molecular weight is 346 g/mol. The molecule has 1 fully saturated rings. The number of amides is 1. The van der Waals surface area contributed by atoms with Crippen LogP contribution in [0.5, 0.6) is 0 Å². The van der Waals surface area contributed by atoms with Crippen molar-refractivity contribution in [3.63, 3.8) is 0 Å². The zero-order valence-corrected chi connectivity index (χ0v) is 16.0. The fraction of sp³-hybridized carbons (Fsp3) is 0.941. The van der Waals surface area contributed by atoms with Crippen molar-refractivity contribution in [2.75, 3.05) is 26.2 Å². The molecule has 1 aliphatic heterocycles. The van der Waals surface area contributed by atoms with Crippen molar-refractivity contribution in [3.8, 4) is 0 Å². The van der Waals surface area contributed by atoms with E-state index in [4.69, 9.17) is 4.74 Å². The van der Waals surface area contributed by atoms with E-state index < -0.39 is 0 Å². The van der Waals surface area contributed by atoms with Gasteiger partial charge in [-0.3, -0.25) is 4.79 Å². The van der Waals surface area contributed by atoms with Crippen LogP contribution in [-0.2, 0) is 9.53 Å². The second-order valence-electron chi connectivity index (χ2n) is 6.83. The number of thiol groups is 1. The van der Waals surface area contributed by atoms with Gasteiger partial charge in [0.15, 0.2) is 0 Å². The summed E-state index contributed by atoms with van der Waals surface area (Å²) in [6, 6.07) is 0.281. The van der Waals surface area contributed by atoms with Gasteiger partial charge in [0.2, 0.25) is 5.91 Å². The number of hydrogen-bond acceptors (Lipinski definition) is 5. The first-order valence-electron chi connectivity index (χ1n) is 8.98. The lowest BCUT2D eigenvalue weighted by molar-refractivity contribution is -0.124. The molecule has 4 atom stereocenters. The first-order chi connectivity index (χ1) is 10.9. The minimum Gasteiger partial charge on any atom is -0.379 e. The van der Waals surface area contributed by atoms with E-state index in [1.165, 1.54) is 0 Å². The van der Waals surface area contributed by atoms with E-state index in [9.17, 15) is 4.79 Å². The molecule has 1 amide bonds. The fourth-order valence-electron chi connectivity index (χ4n) is 2.72. The van der Waals surface area contributed by atoms with Crippen LogP contribution in [0.4, 0.5) is 0 Å². The Morgan fingerprint density at radius 3 is 2.70 bits per heavy atom. The number of hydrogen-bond donors (Lipinski definition) is 4. The largest absolute Gasteiger partial charge is 0.379 e. The van der Waals surface area contributed by atoms with E-state index in [1.54, 1.807) is 0 Å². The maximum atomic E-state index is 12.5. The van der Waals surface area contributed by atoms with Gasteiger partial charge in [0.1, 0.15) is 0 Å². The SMILES string of the molecule is CC[C@H](C)[C@H](NC[C@H]1C[C@@H](S)CN1)C(=O)NCCCOC(C)C. The van der Waals surface area contributed by atoms with Gasteiger partial charge in [-0.1, -0.05) is 20.3 Å². The van der Waals surface area contributed by atoms with Gasteiger partial charge in [-0.05, 0) is 32.6 Å². The smallest absolute Gasteiger partial charge is 0.237 e. The molecule has 0 aromatic heterocycles. The normalized spacial score (nSPS) is 23.9. The van der Waals surface area contributed by atoms with Crippen molar-refractivity contribution in [3.05, 3.63) is 0 Å². The van der Waals surface area contributed by atoms with E-state index >= 15 is 0 Å². The van der Waals surface area contributed by atoms with Gasteiger partial charge in [0.25, 0.3) is 0 Å². The quantitative estimate of drug-likeness (QED) is 0.339. The second-order valence-corrected chi connectivity index (χ2v) is 7.56. The molecule has 0 aromatic carbocycles. The lowest BCUT2D eigenvalue weighted by atomic mass is 9.98. The molecule has 0 spiro atoms. The maximum absolute atomic E-state index is 12.5. The van der Waals surface area contributed by atoms with E-state index in [0.717, 1.165) is 32.4 Å². The molecule has 5 nitrogen and oxygen atoms in total. The van der Waals surface area contributed by atoms with Crippen molar-refractivity contribution in [1.82, 2.24) is 16.0 Å².